The molecular weight excluding hydrogens is 326 g/mol. The third-order valence-electron chi connectivity index (χ3n) is 5.54. The molecule has 4 rings (SSSR count). The van der Waals surface area contributed by atoms with Gasteiger partial charge in [-0.05, 0) is 56.9 Å². The molecule has 2 aliphatic rings. The third-order valence-corrected chi connectivity index (χ3v) is 5.54. The number of rotatable bonds is 3. The first-order chi connectivity index (χ1) is 12.6. The number of fused-ring (bicyclic) bond motifs is 2. The van der Waals surface area contributed by atoms with Crippen LogP contribution in [0.1, 0.15) is 52.0 Å². The van der Waals surface area contributed by atoms with Crippen LogP contribution in [0.2, 0.25) is 0 Å². The molecule has 2 saturated heterocycles. The normalized spacial score (nSPS) is 24.3. The molecule has 1 unspecified atom stereocenters. The standard InChI is InChI=1S/C21H23N3O2/c1-14-2-4-16(5-3-14)21(26)24-18-6-7-19(24)13-17(12-18)23-20(25)15-8-10-22-11-9-15/h2-5,8-11,17-19H,6-7,12-13H2,1H3,(H,23,25)/t17?,18-,19+. The van der Waals surface area contributed by atoms with Crippen LogP contribution in [0, 0.1) is 6.92 Å². The van der Waals surface area contributed by atoms with Crippen molar-refractivity contribution in [2.24, 2.45) is 0 Å². The fraction of sp³-hybridized carbons (Fsp3) is 0.381. The summed E-state index contributed by atoms with van der Waals surface area (Å²) in [6.45, 7) is 2.02. The fourth-order valence-corrected chi connectivity index (χ4v) is 4.24. The van der Waals surface area contributed by atoms with E-state index in [1.165, 1.54) is 0 Å². The topological polar surface area (TPSA) is 62.3 Å². The number of nitrogens with zero attached hydrogens (tertiary/aromatic N) is 2. The lowest BCUT2D eigenvalue weighted by Crippen LogP contribution is -2.52. The highest BCUT2D eigenvalue weighted by Gasteiger charge is 2.43. The van der Waals surface area contributed by atoms with Crippen LogP contribution in [0.25, 0.3) is 0 Å². The zero-order chi connectivity index (χ0) is 18.1. The minimum absolute atomic E-state index is 0.0601. The van der Waals surface area contributed by atoms with Gasteiger partial charge in [-0.3, -0.25) is 14.6 Å². The Balaban J connectivity index is 1.43. The van der Waals surface area contributed by atoms with Crippen LogP contribution < -0.4 is 5.32 Å². The van der Waals surface area contributed by atoms with Gasteiger partial charge in [0.15, 0.2) is 0 Å². The molecular formula is C21H23N3O2. The van der Waals surface area contributed by atoms with Crippen molar-refractivity contribution in [1.29, 1.82) is 0 Å². The van der Waals surface area contributed by atoms with Gasteiger partial charge in [-0.1, -0.05) is 17.7 Å². The Morgan fingerprint density at radius 1 is 0.962 bits per heavy atom. The molecule has 2 bridgehead atoms. The molecule has 1 N–H and O–H groups in total. The summed E-state index contributed by atoms with van der Waals surface area (Å²) in [4.78, 5) is 31.4. The highest BCUT2D eigenvalue weighted by atomic mass is 16.2. The SMILES string of the molecule is Cc1ccc(C(=O)N2[C@@H]3CC[C@H]2CC(NC(=O)c2ccncc2)C3)cc1. The number of aromatic nitrogens is 1. The van der Waals surface area contributed by atoms with Crippen LogP contribution in [0.3, 0.4) is 0 Å². The van der Waals surface area contributed by atoms with Crippen LogP contribution in [0.15, 0.2) is 48.8 Å². The van der Waals surface area contributed by atoms with E-state index in [2.05, 4.69) is 15.2 Å². The van der Waals surface area contributed by atoms with Crippen molar-refractivity contribution in [3.05, 3.63) is 65.5 Å². The van der Waals surface area contributed by atoms with E-state index in [1.807, 2.05) is 31.2 Å². The molecule has 2 amide bonds. The van der Waals surface area contributed by atoms with Crippen LogP contribution in [-0.2, 0) is 0 Å². The second kappa shape index (κ2) is 6.90. The number of carbonyl (C=O) groups is 2. The molecule has 1 aromatic carbocycles. The molecule has 2 aliphatic heterocycles. The Kier molecular flexibility index (Phi) is 4.45. The monoisotopic (exact) mass is 349 g/mol. The summed E-state index contributed by atoms with van der Waals surface area (Å²) < 4.78 is 0. The van der Waals surface area contributed by atoms with Gasteiger partial charge in [0.1, 0.15) is 0 Å². The lowest BCUT2D eigenvalue weighted by molar-refractivity contribution is 0.0549. The molecule has 134 valence electrons. The van der Waals surface area contributed by atoms with Crippen molar-refractivity contribution in [3.63, 3.8) is 0 Å². The predicted molar refractivity (Wildman–Crippen MR) is 98.9 cm³/mol. The van der Waals surface area contributed by atoms with Crippen molar-refractivity contribution < 1.29 is 9.59 Å². The molecule has 26 heavy (non-hydrogen) atoms. The first-order valence-electron chi connectivity index (χ1n) is 9.22. The zero-order valence-electron chi connectivity index (χ0n) is 14.9. The number of nitrogens with one attached hydrogen (secondary N) is 1. The van der Waals surface area contributed by atoms with Gasteiger partial charge in [0.05, 0.1) is 0 Å². The second-order valence-corrected chi connectivity index (χ2v) is 7.34. The zero-order valence-corrected chi connectivity index (χ0v) is 14.9. The van der Waals surface area contributed by atoms with Crippen molar-refractivity contribution in [1.82, 2.24) is 15.2 Å². The van der Waals surface area contributed by atoms with Crippen LogP contribution in [-0.4, -0.2) is 39.8 Å². The Morgan fingerprint density at radius 2 is 1.58 bits per heavy atom. The van der Waals surface area contributed by atoms with Gasteiger partial charge in [-0.25, -0.2) is 0 Å². The van der Waals surface area contributed by atoms with Crippen molar-refractivity contribution in [3.8, 4) is 0 Å². The van der Waals surface area contributed by atoms with Crippen LogP contribution in [0.5, 0.6) is 0 Å². The Hall–Kier alpha value is -2.69. The van der Waals surface area contributed by atoms with E-state index < -0.39 is 0 Å². The van der Waals surface area contributed by atoms with E-state index in [-0.39, 0.29) is 29.9 Å². The minimum Gasteiger partial charge on any atom is -0.349 e. The molecule has 0 aliphatic carbocycles. The molecule has 0 radical (unpaired) electrons. The summed E-state index contributed by atoms with van der Waals surface area (Å²) in [6.07, 6.45) is 6.94. The molecule has 3 heterocycles. The average Bonchev–Trinajstić information content (AvgIpc) is 2.93. The molecule has 5 heteroatoms. The number of amides is 2. The molecule has 3 atom stereocenters. The summed E-state index contributed by atoms with van der Waals surface area (Å²) >= 11 is 0. The Labute approximate surface area is 153 Å². The Bertz CT molecular complexity index is 790. The van der Waals surface area contributed by atoms with E-state index in [0.717, 1.165) is 36.8 Å². The highest BCUT2D eigenvalue weighted by molar-refractivity contribution is 5.95. The van der Waals surface area contributed by atoms with E-state index in [9.17, 15) is 9.59 Å². The van der Waals surface area contributed by atoms with Crippen molar-refractivity contribution >= 4 is 11.8 Å². The first kappa shape index (κ1) is 16.8. The van der Waals surface area contributed by atoms with E-state index >= 15 is 0 Å². The van der Waals surface area contributed by atoms with Gasteiger partial charge in [-0.2, -0.15) is 0 Å². The Morgan fingerprint density at radius 3 is 2.19 bits per heavy atom. The lowest BCUT2D eigenvalue weighted by Gasteiger charge is -2.39. The summed E-state index contributed by atoms with van der Waals surface area (Å²) in [5.74, 6) is 0.0616. The molecule has 0 spiro atoms. The number of hydrogen-bond acceptors (Lipinski definition) is 3. The second-order valence-electron chi connectivity index (χ2n) is 7.34. The molecule has 5 nitrogen and oxygen atoms in total. The quantitative estimate of drug-likeness (QED) is 0.927. The van der Waals surface area contributed by atoms with Gasteiger partial charge in [0, 0.05) is 41.6 Å². The lowest BCUT2D eigenvalue weighted by atomic mass is 9.96. The van der Waals surface area contributed by atoms with Gasteiger partial charge < -0.3 is 10.2 Å². The average molecular weight is 349 g/mol. The first-order valence-corrected chi connectivity index (χ1v) is 9.22. The summed E-state index contributed by atoms with van der Waals surface area (Å²) in [5.41, 5.74) is 2.54. The van der Waals surface area contributed by atoms with E-state index in [0.29, 0.717) is 5.56 Å². The number of piperidine rings is 1. The van der Waals surface area contributed by atoms with E-state index in [1.54, 1.807) is 24.5 Å². The smallest absolute Gasteiger partial charge is 0.254 e. The van der Waals surface area contributed by atoms with Crippen molar-refractivity contribution in [2.75, 3.05) is 0 Å². The number of benzene rings is 1. The van der Waals surface area contributed by atoms with Gasteiger partial charge >= 0.3 is 0 Å². The maximum absolute atomic E-state index is 13.0. The highest BCUT2D eigenvalue weighted by Crippen LogP contribution is 2.37. The predicted octanol–water partition coefficient (Wildman–Crippen LogP) is 2.96. The number of hydrogen-bond donors (Lipinski definition) is 1. The summed E-state index contributed by atoms with van der Waals surface area (Å²) in [5, 5.41) is 3.14. The fourth-order valence-electron chi connectivity index (χ4n) is 4.24. The molecule has 2 aromatic rings. The largest absolute Gasteiger partial charge is 0.349 e. The maximum Gasteiger partial charge on any atom is 0.254 e. The number of pyridine rings is 1. The molecule has 1 aromatic heterocycles. The molecule has 0 saturated carbocycles. The van der Waals surface area contributed by atoms with Crippen LogP contribution >= 0.6 is 0 Å². The third kappa shape index (κ3) is 3.21. The molecule has 2 fully saturated rings. The summed E-state index contributed by atoms with van der Waals surface area (Å²) in [6, 6.07) is 11.8. The number of carbonyl (C=O) groups excluding carboxylic acids is 2. The van der Waals surface area contributed by atoms with Crippen molar-refractivity contribution in [2.45, 2.75) is 50.7 Å². The maximum atomic E-state index is 13.0. The summed E-state index contributed by atoms with van der Waals surface area (Å²) in [7, 11) is 0. The van der Waals surface area contributed by atoms with Gasteiger partial charge in [-0.15, -0.1) is 0 Å². The minimum atomic E-state index is -0.0601. The van der Waals surface area contributed by atoms with Gasteiger partial charge in [0.2, 0.25) is 0 Å². The van der Waals surface area contributed by atoms with Gasteiger partial charge in [0.25, 0.3) is 11.8 Å². The van der Waals surface area contributed by atoms with E-state index in [4.69, 9.17) is 0 Å². The number of aryl methyl sites for hydroxylation is 1. The van der Waals surface area contributed by atoms with Crippen LogP contribution in [0.4, 0.5) is 0 Å².